The molecule has 0 radical (unpaired) electrons. The minimum atomic E-state index is 0.500. The largest absolute Gasteiger partial charge is 0.497 e. The average molecular weight is 320 g/mol. The minimum absolute atomic E-state index is 0.500. The van der Waals surface area contributed by atoms with Crippen molar-refractivity contribution in [2.45, 2.75) is 0 Å². The Hall–Kier alpha value is -2.58. The van der Waals surface area contributed by atoms with E-state index in [1.165, 1.54) is 0 Å². The molecule has 0 aliphatic heterocycles. The topological polar surface area (TPSA) is 22.1 Å². The van der Waals surface area contributed by atoms with E-state index in [0.29, 0.717) is 5.15 Å². The van der Waals surface area contributed by atoms with Crippen molar-refractivity contribution in [2.75, 3.05) is 7.11 Å². The van der Waals surface area contributed by atoms with Crippen molar-refractivity contribution in [1.29, 1.82) is 0 Å². The van der Waals surface area contributed by atoms with Crippen molar-refractivity contribution in [2.24, 2.45) is 0 Å². The van der Waals surface area contributed by atoms with Crippen LogP contribution in [0.1, 0.15) is 0 Å². The van der Waals surface area contributed by atoms with E-state index in [4.69, 9.17) is 16.3 Å². The van der Waals surface area contributed by atoms with Crippen molar-refractivity contribution in [3.8, 4) is 16.9 Å². The number of rotatable bonds is 2. The third kappa shape index (κ3) is 2.41. The molecule has 4 rings (SSSR count). The van der Waals surface area contributed by atoms with Crippen molar-refractivity contribution < 1.29 is 4.74 Å². The molecule has 1 aromatic heterocycles. The lowest BCUT2D eigenvalue weighted by Crippen LogP contribution is -1.88. The Morgan fingerprint density at radius 2 is 1.65 bits per heavy atom. The van der Waals surface area contributed by atoms with Crippen molar-refractivity contribution >= 4 is 33.3 Å². The van der Waals surface area contributed by atoms with Crippen molar-refractivity contribution in [3.05, 3.63) is 71.9 Å². The Balaban J connectivity index is 2.04. The number of hydrogen-bond donors (Lipinski definition) is 0. The van der Waals surface area contributed by atoms with E-state index in [-0.39, 0.29) is 0 Å². The first kappa shape index (κ1) is 14.0. The second-order valence-corrected chi connectivity index (χ2v) is 5.79. The van der Waals surface area contributed by atoms with Crippen LogP contribution in [0.3, 0.4) is 0 Å². The number of hydrogen-bond acceptors (Lipinski definition) is 2. The van der Waals surface area contributed by atoms with E-state index in [9.17, 15) is 0 Å². The number of fused-ring (bicyclic) bond motifs is 3. The van der Waals surface area contributed by atoms with Crippen LogP contribution in [0.15, 0.2) is 66.7 Å². The Morgan fingerprint density at radius 1 is 0.870 bits per heavy atom. The maximum Gasteiger partial charge on any atom is 0.130 e. The molecule has 4 aromatic rings. The first-order valence-electron chi connectivity index (χ1n) is 7.39. The van der Waals surface area contributed by atoms with Crippen LogP contribution in [-0.2, 0) is 0 Å². The zero-order valence-electron chi connectivity index (χ0n) is 12.6. The first-order chi connectivity index (χ1) is 11.3. The third-order valence-corrected chi connectivity index (χ3v) is 4.27. The summed E-state index contributed by atoms with van der Waals surface area (Å²) in [5.41, 5.74) is 3.10. The number of halogens is 1. The lowest BCUT2D eigenvalue weighted by Gasteiger charge is -2.10. The van der Waals surface area contributed by atoms with Gasteiger partial charge in [-0.25, -0.2) is 4.98 Å². The maximum absolute atomic E-state index is 6.30. The molecule has 2 nitrogen and oxygen atoms in total. The van der Waals surface area contributed by atoms with Gasteiger partial charge in [-0.05, 0) is 34.7 Å². The molecule has 0 atom stereocenters. The number of nitrogens with zero attached hydrogens (tertiary/aromatic N) is 1. The van der Waals surface area contributed by atoms with E-state index < -0.39 is 0 Å². The molecular weight excluding hydrogens is 306 g/mol. The fraction of sp³-hybridized carbons (Fsp3) is 0.0500. The van der Waals surface area contributed by atoms with Crippen LogP contribution in [0, 0.1) is 0 Å². The molecule has 0 aliphatic rings. The van der Waals surface area contributed by atoms with E-state index in [0.717, 1.165) is 38.6 Å². The van der Waals surface area contributed by atoms with Crippen LogP contribution in [0.5, 0.6) is 5.75 Å². The second kappa shape index (κ2) is 5.56. The van der Waals surface area contributed by atoms with Gasteiger partial charge >= 0.3 is 0 Å². The molecule has 0 aliphatic carbocycles. The molecule has 0 saturated heterocycles. The third-order valence-electron chi connectivity index (χ3n) is 4.07. The predicted molar refractivity (Wildman–Crippen MR) is 96.2 cm³/mol. The van der Waals surface area contributed by atoms with Gasteiger partial charge < -0.3 is 4.74 Å². The van der Waals surface area contributed by atoms with E-state index in [1.54, 1.807) is 7.11 Å². The summed E-state index contributed by atoms with van der Waals surface area (Å²) in [6, 6.07) is 22.4. The van der Waals surface area contributed by atoms with Crippen LogP contribution in [-0.4, -0.2) is 12.1 Å². The van der Waals surface area contributed by atoms with Gasteiger partial charge in [0.25, 0.3) is 0 Å². The predicted octanol–water partition coefficient (Wildman–Crippen LogP) is 5.72. The van der Waals surface area contributed by atoms with E-state index >= 15 is 0 Å². The fourth-order valence-corrected chi connectivity index (χ4v) is 3.13. The smallest absolute Gasteiger partial charge is 0.130 e. The summed E-state index contributed by atoms with van der Waals surface area (Å²) in [7, 11) is 1.67. The highest BCUT2D eigenvalue weighted by Crippen LogP contribution is 2.34. The average Bonchev–Trinajstić information content (AvgIpc) is 2.61. The normalized spacial score (nSPS) is 11.0. The zero-order valence-corrected chi connectivity index (χ0v) is 13.3. The summed E-state index contributed by atoms with van der Waals surface area (Å²) >= 11 is 6.30. The van der Waals surface area contributed by atoms with Crippen molar-refractivity contribution in [3.63, 3.8) is 0 Å². The van der Waals surface area contributed by atoms with Crippen LogP contribution in [0.25, 0.3) is 32.8 Å². The van der Waals surface area contributed by atoms with Gasteiger partial charge in [0.2, 0.25) is 0 Å². The molecule has 23 heavy (non-hydrogen) atoms. The summed E-state index contributed by atoms with van der Waals surface area (Å²) in [5.74, 6) is 0.837. The van der Waals surface area contributed by atoms with Gasteiger partial charge in [-0.2, -0.15) is 0 Å². The van der Waals surface area contributed by atoms with Crippen molar-refractivity contribution in [1.82, 2.24) is 4.98 Å². The molecular formula is C20H14ClNO. The van der Waals surface area contributed by atoms with Gasteiger partial charge in [0, 0.05) is 10.8 Å². The monoisotopic (exact) mass is 319 g/mol. The molecule has 0 unspecified atom stereocenters. The van der Waals surface area contributed by atoms with E-state index in [2.05, 4.69) is 29.2 Å². The van der Waals surface area contributed by atoms with Gasteiger partial charge in [0.1, 0.15) is 10.9 Å². The summed E-state index contributed by atoms with van der Waals surface area (Å²) < 4.78 is 5.24. The SMILES string of the molecule is COc1ccc(-c2cc(Cl)nc3c2ccc2ccccc23)cc1. The fourth-order valence-electron chi connectivity index (χ4n) is 2.94. The number of ether oxygens (including phenoxy) is 1. The lowest BCUT2D eigenvalue weighted by atomic mass is 9.98. The second-order valence-electron chi connectivity index (χ2n) is 5.40. The zero-order chi connectivity index (χ0) is 15.8. The van der Waals surface area contributed by atoms with Gasteiger partial charge in [-0.1, -0.05) is 60.1 Å². The first-order valence-corrected chi connectivity index (χ1v) is 7.76. The van der Waals surface area contributed by atoms with Gasteiger partial charge in [-0.3, -0.25) is 0 Å². The minimum Gasteiger partial charge on any atom is -0.497 e. The highest BCUT2D eigenvalue weighted by atomic mass is 35.5. The molecule has 0 bridgehead atoms. The van der Waals surface area contributed by atoms with Gasteiger partial charge in [-0.15, -0.1) is 0 Å². The molecule has 1 heterocycles. The molecule has 3 heteroatoms. The Bertz CT molecular complexity index is 1010. The molecule has 0 fully saturated rings. The summed E-state index contributed by atoms with van der Waals surface area (Å²) in [6.07, 6.45) is 0. The number of benzene rings is 3. The molecule has 3 aromatic carbocycles. The van der Waals surface area contributed by atoms with E-state index in [1.807, 2.05) is 42.5 Å². The molecule has 0 amide bonds. The number of methoxy groups -OCH3 is 1. The Labute approximate surface area is 139 Å². The summed E-state index contributed by atoms with van der Waals surface area (Å²) in [6.45, 7) is 0. The summed E-state index contributed by atoms with van der Waals surface area (Å²) in [5, 5.41) is 3.87. The summed E-state index contributed by atoms with van der Waals surface area (Å²) in [4.78, 5) is 4.56. The number of pyridine rings is 1. The van der Waals surface area contributed by atoms with Gasteiger partial charge in [0.15, 0.2) is 0 Å². The standard InChI is InChI=1S/C20H14ClNO/c1-23-15-9-6-14(7-10-15)18-12-19(21)22-20-16-5-3-2-4-13(16)8-11-17(18)20/h2-12H,1H3. The lowest BCUT2D eigenvalue weighted by molar-refractivity contribution is 0.415. The van der Waals surface area contributed by atoms with Crippen LogP contribution in [0.2, 0.25) is 5.15 Å². The van der Waals surface area contributed by atoms with Crippen LogP contribution in [0.4, 0.5) is 0 Å². The maximum atomic E-state index is 6.30. The Kier molecular flexibility index (Phi) is 3.40. The molecule has 0 N–H and O–H groups in total. The van der Waals surface area contributed by atoms with Gasteiger partial charge in [0.05, 0.1) is 12.6 Å². The molecule has 0 spiro atoms. The molecule has 0 saturated carbocycles. The molecule has 112 valence electrons. The van der Waals surface area contributed by atoms with Crippen LogP contribution < -0.4 is 4.74 Å². The van der Waals surface area contributed by atoms with Crippen LogP contribution >= 0.6 is 11.6 Å². The number of aromatic nitrogens is 1. The highest BCUT2D eigenvalue weighted by Gasteiger charge is 2.10. The Morgan fingerprint density at radius 3 is 2.43 bits per heavy atom. The quantitative estimate of drug-likeness (QED) is 0.348. The highest BCUT2D eigenvalue weighted by molar-refractivity contribution is 6.30.